The van der Waals surface area contributed by atoms with Crippen LogP contribution in [0.2, 0.25) is 10.0 Å². The number of amides is 2. The molecule has 0 radical (unpaired) electrons. The number of hydrazone groups is 1. The summed E-state index contributed by atoms with van der Waals surface area (Å²) in [5, 5.41) is 19.7. The Labute approximate surface area is 278 Å². The Morgan fingerprint density at radius 1 is 0.804 bits per heavy atom. The number of halogens is 2. The highest BCUT2D eigenvalue weighted by atomic mass is 35.5. The zero-order chi connectivity index (χ0) is 32.4. The summed E-state index contributed by atoms with van der Waals surface area (Å²) in [5.41, 5.74) is 3.46. The van der Waals surface area contributed by atoms with Gasteiger partial charge in [0.1, 0.15) is 15.5 Å². The van der Waals surface area contributed by atoms with E-state index in [4.69, 9.17) is 27.9 Å². The highest BCUT2D eigenvalue weighted by Crippen LogP contribution is 2.38. The van der Waals surface area contributed by atoms with Crippen LogP contribution in [0, 0.1) is 10.1 Å². The first-order chi connectivity index (χ1) is 22.2. The third-order valence-corrected chi connectivity index (χ3v) is 9.96. The number of nitrogens with zero attached hydrogens (tertiary/aromatic N) is 2. The van der Waals surface area contributed by atoms with E-state index in [1.807, 2.05) is 24.3 Å². The molecule has 6 rings (SSSR count). The predicted molar refractivity (Wildman–Crippen MR) is 181 cm³/mol. The number of ether oxygens (including phenoxy) is 1. The van der Waals surface area contributed by atoms with E-state index >= 15 is 0 Å². The van der Waals surface area contributed by atoms with E-state index in [0.29, 0.717) is 31.2 Å². The molecule has 6 aromatic rings. The summed E-state index contributed by atoms with van der Waals surface area (Å²) < 4.78 is 6.95. The lowest BCUT2D eigenvalue weighted by Gasteiger charge is -2.07. The number of thiophene rings is 2. The van der Waals surface area contributed by atoms with Crippen LogP contribution < -0.4 is 15.5 Å². The van der Waals surface area contributed by atoms with Gasteiger partial charge in [-0.25, -0.2) is 10.2 Å². The molecule has 0 saturated carbocycles. The fourth-order valence-corrected chi connectivity index (χ4v) is 7.23. The summed E-state index contributed by atoms with van der Waals surface area (Å²) in [5.74, 6) is -1.46. The number of non-ortho nitro benzene ring substituents is 1. The summed E-state index contributed by atoms with van der Waals surface area (Å²) in [6.07, 6.45) is 1.32. The molecule has 46 heavy (non-hydrogen) atoms. The van der Waals surface area contributed by atoms with Gasteiger partial charge in [-0.1, -0.05) is 53.5 Å². The summed E-state index contributed by atoms with van der Waals surface area (Å²) in [4.78, 5) is 49.6. The molecule has 0 atom stereocenters. The predicted octanol–water partition coefficient (Wildman–Crippen LogP) is 8.57. The van der Waals surface area contributed by atoms with Gasteiger partial charge in [-0.05, 0) is 48.5 Å². The van der Waals surface area contributed by atoms with E-state index in [0.717, 1.165) is 21.4 Å². The van der Waals surface area contributed by atoms with Gasteiger partial charge in [0.25, 0.3) is 17.5 Å². The van der Waals surface area contributed by atoms with Crippen molar-refractivity contribution in [1.82, 2.24) is 5.43 Å². The van der Waals surface area contributed by atoms with Crippen LogP contribution in [0.3, 0.4) is 0 Å². The van der Waals surface area contributed by atoms with E-state index < -0.39 is 16.8 Å². The first-order valence-electron chi connectivity index (χ1n) is 13.3. The van der Waals surface area contributed by atoms with Crippen molar-refractivity contribution in [3.8, 4) is 5.75 Å². The molecule has 0 saturated heterocycles. The Morgan fingerprint density at radius 3 is 2.24 bits per heavy atom. The van der Waals surface area contributed by atoms with Crippen LogP contribution in [0.25, 0.3) is 20.2 Å². The maximum atomic E-state index is 13.0. The fourth-order valence-electron chi connectivity index (χ4n) is 4.40. The van der Waals surface area contributed by atoms with Crippen molar-refractivity contribution in [3.05, 3.63) is 132 Å². The first-order valence-corrected chi connectivity index (χ1v) is 15.7. The number of esters is 1. The highest BCUT2D eigenvalue weighted by Gasteiger charge is 2.22. The fraction of sp³-hybridized carbons (Fsp3) is 0. The van der Waals surface area contributed by atoms with Gasteiger partial charge in [-0.15, -0.1) is 22.7 Å². The van der Waals surface area contributed by atoms with Crippen molar-refractivity contribution in [3.63, 3.8) is 0 Å². The number of carbonyl (C=O) groups excluding carboxylic acids is 3. The van der Waals surface area contributed by atoms with Gasteiger partial charge in [-0.2, -0.15) is 5.10 Å². The number of nitrogens with one attached hydrogen (secondary N) is 2. The molecule has 10 nitrogen and oxygen atoms in total. The average molecular weight is 690 g/mol. The molecule has 0 aliphatic heterocycles. The quantitative estimate of drug-likeness (QED) is 0.0540. The molecule has 2 N–H and O–H groups in total. The molecular formula is C32H18Cl2N4O6S2. The van der Waals surface area contributed by atoms with Crippen molar-refractivity contribution in [2.45, 2.75) is 0 Å². The van der Waals surface area contributed by atoms with Gasteiger partial charge in [-0.3, -0.25) is 19.7 Å². The lowest BCUT2D eigenvalue weighted by molar-refractivity contribution is -0.384. The smallest absolute Gasteiger partial charge is 0.355 e. The highest BCUT2D eigenvalue weighted by molar-refractivity contribution is 7.22. The van der Waals surface area contributed by atoms with Crippen LogP contribution in [-0.4, -0.2) is 28.9 Å². The molecule has 0 bridgehead atoms. The normalized spacial score (nSPS) is 11.2. The van der Waals surface area contributed by atoms with Gasteiger partial charge in [0.05, 0.1) is 21.2 Å². The second-order valence-corrected chi connectivity index (χ2v) is 12.4. The van der Waals surface area contributed by atoms with E-state index in [1.165, 1.54) is 47.9 Å². The third kappa shape index (κ3) is 6.32. The second-order valence-electron chi connectivity index (χ2n) is 9.58. The van der Waals surface area contributed by atoms with Crippen LogP contribution in [-0.2, 0) is 0 Å². The molecule has 0 spiro atoms. The van der Waals surface area contributed by atoms with E-state index in [-0.39, 0.29) is 32.8 Å². The van der Waals surface area contributed by atoms with E-state index in [2.05, 4.69) is 15.8 Å². The van der Waals surface area contributed by atoms with E-state index in [9.17, 15) is 24.5 Å². The number of nitro groups is 1. The molecule has 2 amide bonds. The van der Waals surface area contributed by atoms with Crippen molar-refractivity contribution in [2.75, 3.05) is 5.32 Å². The van der Waals surface area contributed by atoms with Crippen LogP contribution in [0.5, 0.6) is 5.75 Å². The summed E-state index contributed by atoms with van der Waals surface area (Å²) >= 11 is 15.1. The summed E-state index contributed by atoms with van der Waals surface area (Å²) in [6.45, 7) is 0. The lowest BCUT2D eigenvalue weighted by atomic mass is 10.2. The molecule has 0 unspecified atom stereocenters. The standard InChI is InChI=1S/C32H18Cl2N4O6S2/c33-26-21-6-2-4-8-24(21)45-28(26)31(40)36-19-11-9-17(10-12-19)30(39)37-35-16-18-5-1-3-7-23(18)44-32(41)29-27(34)22-14-13-20(38(42)43)15-25(22)46-29/h1-16H,(H,36,40)(H,37,39)/b35-16-. The third-order valence-electron chi connectivity index (χ3n) is 6.65. The number of rotatable bonds is 8. The minimum absolute atomic E-state index is 0.0868. The molecule has 228 valence electrons. The summed E-state index contributed by atoms with van der Waals surface area (Å²) in [6, 6.07) is 24.4. The van der Waals surface area contributed by atoms with Gasteiger partial charge in [0.2, 0.25) is 0 Å². The zero-order valence-electron chi connectivity index (χ0n) is 23.2. The Bertz CT molecular complexity index is 2210. The van der Waals surface area contributed by atoms with Crippen LogP contribution in [0.1, 0.15) is 35.3 Å². The number of anilines is 1. The number of hydrogen-bond acceptors (Lipinski definition) is 9. The number of benzene rings is 4. The van der Waals surface area contributed by atoms with Crippen molar-refractivity contribution < 1.29 is 24.0 Å². The molecule has 0 aliphatic carbocycles. The molecule has 2 aromatic heterocycles. The molecule has 4 aromatic carbocycles. The van der Waals surface area contributed by atoms with Crippen molar-refractivity contribution >= 4 is 101 Å². The Balaban J connectivity index is 1.09. The van der Waals surface area contributed by atoms with Crippen LogP contribution in [0.15, 0.2) is 96.1 Å². The number of nitro benzene ring substituents is 1. The first kappa shape index (κ1) is 30.9. The Morgan fingerprint density at radius 2 is 1.48 bits per heavy atom. The Kier molecular flexibility index (Phi) is 8.77. The SMILES string of the molecule is O=C(N/N=C\c1ccccc1OC(=O)c1sc2cc([N+](=O)[O-])ccc2c1Cl)c1ccc(NC(=O)c2sc3ccccc3c2Cl)cc1. The molecular weight excluding hydrogens is 671 g/mol. The van der Waals surface area contributed by atoms with Crippen molar-refractivity contribution in [1.29, 1.82) is 0 Å². The largest absolute Gasteiger partial charge is 0.422 e. The Hall–Kier alpha value is -5.14. The van der Waals surface area contributed by atoms with Gasteiger partial charge in [0, 0.05) is 49.1 Å². The minimum Gasteiger partial charge on any atom is -0.422 e. The maximum Gasteiger partial charge on any atom is 0.355 e. The second kappa shape index (κ2) is 13.1. The lowest BCUT2D eigenvalue weighted by Crippen LogP contribution is -2.18. The molecule has 14 heteroatoms. The molecule has 2 heterocycles. The topological polar surface area (TPSA) is 140 Å². The van der Waals surface area contributed by atoms with Gasteiger partial charge < -0.3 is 10.1 Å². The van der Waals surface area contributed by atoms with Crippen molar-refractivity contribution in [2.24, 2.45) is 5.10 Å². The monoisotopic (exact) mass is 688 g/mol. The van der Waals surface area contributed by atoms with Crippen LogP contribution >= 0.6 is 45.9 Å². The maximum absolute atomic E-state index is 13.0. The van der Waals surface area contributed by atoms with Gasteiger partial charge >= 0.3 is 5.97 Å². The summed E-state index contributed by atoms with van der Waals surface area (Å²) in [7, 11) is 0. The molecule has 0 fully saturated rings. The average Bonchev–Trinajstić information content (AvgIpc) is 3.58. The van der Waals surface area contributed by atoms with Gasteiger partial charge in [0.15, 0.2) is 0 Å². The molecule has 0 aliphatic rings. The number of carbonyl (C=O) groups is 3. The zero-order valence-corrected chi connectivity index (χ0v) is 26.3. The number of para-hydroxylation sites is 1. The number of hydrogen-bond donors (Lipinski definition) is 2. The minimum atomic E-state index is -0.749. The van der Waals surface area contributed by atoms with Crippen LogP contribution in [0.4, 0.5) is 11.4 Å². The van der Waals surface area contributed by atoms with E-state index in [1.54, 1.807) is 36.4 Å². The number of fused-ring (bicyclic) bond motifs is 2.